The fourth-order valence-corrected chi connectivity index (χ4v) is 2.77. The van der Waals surface area contributed by atoms with E-state index in [1.165, 1.54) is 0 Å². The molecule has 0 bridgehead atoms. The maximum absolute atomic E-state index is 10.6. The van der Waals surface area contributed by atoms with Gasteiger partial charge in [-0.15, -0.1) is 0 Å². The molecule has 3 atom stereocenters. The molecule has 0 aromatic heterocycles. The van der Waals surface area contributed by atoms with Crippen molar-refractivity contribution in [1.29, 1.82) is 0 Å². The standard InChI is InChI=1S/C15H28O2/c1-14(2,3)11-7-10(9-16)8-12(13(11)17)15(4,5)6/h7,11-13,16-17H,8-9H2,1-6H3/t11-,12+,13?/m0/s1. The van der Waals surface area contributed by atoms with E-state index in [1.807, 2.05) is 0 Å². The quantitative estimate of drug-likeness (QED) is 0.692. The van der Waals surface area contributed by atoms with Crippen molar-refractivity contribution in [2.75, 3.05) is 6.61 Å². The summed E-state index contributed by atoms with van der Waals surface area (Å²) in [4.78, 5) is 0. The summed E-state index contributed by atoms with van der Waals surface area (Å²) in [5.41, 5.74) is 1.18. The van der Waals surface area contributed by atoms with Gasteiger partial charge in [0.25, 0.3) is 0 Å². The molecular formula is C15H28O2. The molecule has 0 heterocycles. The molecule has 100 valence electrons. The second-order valence-corrected chi connectivity index (χ2v) is 7.54. The molecule has 2 N–H and O–H groups in total. The lowest BCUT2D eigenvalue weighted by Crippen LogP contribution is -2.44. The molecule has 0 saturated carbocycles. The van der Waals surface area contributed by atoms with Gasteiger partial charge in [0.05, 0.1) is 12.7 Å². The molecule has 1 aliphatic rings. The molecule has 1 unspecified atom stereocenters. The summed E-state index contributed by atoms with van der Waals surface area (Å²) in [6.45, 7) is 13.1. The van der Waals surface area contributed by atoms with Crippen LogP contribution in [0.3, 0.4) is 0 Å². The van der Waals surface area contributed by atoms with Crippen LogP contribution in [0.5, 0.6) is 0 Å². The Hall–Kier alpha value is -0.340. The zero-order valence-electron chi connectivity index (χ0n) is 12.1. The van der Waals surface area contributed by atoms with Crippen LogP contribution in [0.15, 0.2) is 11.6 Å². The van der Waals surface area contributed by atoms with Gasteiger partial charge in [0, 0.05) is 5.92 Å². The Kier molecular flexibility index (Phi) is 4.10. The van der Waals surface area contributed by atoms with E-state index in [2.05, 4.69) is 47.6 Å². The molecule has 0 radical (unpaired) electrons. The molecule has 0 saturated heterocycles. The first-order valence-electron chi connectivity index (χ1n) is 6.56. The maximum Gasteiger partial charge on any atom is 0.0644 e. The van der Waals surface area contributed by atoms with Crippen LogP contribution < -0.4 is 0 Å². The summed E-state index contributed by atoms with van der Waals surface area (Å²) >= 11 is 0. The van der Waals surface area contributed by atoms with E-state index in [1.54, 1.807) is 0 Å². The second kappa shape index (κ2) is 4.74. The van der Waals surface area contributed by atoms with E-state index >= 15 is 0 Å². The molecule has 0 amide bonds. The van der Waals surface area contributed by atoms with Gasteiger partial charge in [-0.2, -0.15) is 0 Å². The second-order valence-electron chi connectivity index (χ2n) is 7.54. The van der Waals surface area contributed by atoms with Crippen molar-refractivity contribution < 1.29 is 10.2 Å². The predicted molar refractivity (Wildman–Crippen MR) is 71.7 cm³/mol. The van der Waals surface area contributed by atoms with Gasteiger partial charge in [0.2, 0.25) is 0 Å². The van der Waals surface area contributed by atoms with Crippen molar-refractivity contribution in [2.24, 2.45) is 22.7 Å². The Morgan fingerprint density at radius 2 is 1.65 bits per heavy atom. The Morgan fingerprint density at radius 1 is 1.12 bits per heavy atom. The van der Waals surface area contributed by atoms with E-state index in [-0.39, 0.29) is 35.4 Å². The summed E-state index contributed by atoms with van der Waals surface area (Å²) in [5.74, 6) is 0.349. The monoisotopic (exact) mass is 240 g/mol. The van der Waals surface area contributed by atoms with Crippen LogP contribution in [0.25, 0.3) is 0 Å². The average molecular weight is 240 g/mol. The van der Waals surface area contributed by atoms with Gasteiger partial charge in [-0.25, -0.2) is 0 Å². The summed E-state index contributed by atoms with van der Waals surface area (Å²) in [6.07, 6.45) is 2.59. The Bertz CT molecular complexity index is 291. The smallest absolute Gasteiger partial charge is 0.0644 e. The van der Waals surface area contributed by atoms with Gasteiger partial charge < -0.3 is 10.2 Å². The lowest BCUT2D eigenvalue weighted by Gasteiger charge is -2.45. The van der Waals surface area contributed by atoms with Gasteiger partial charge in [-0.05, 0) is 28.7 Å². The van der Waals surface area contributed by atoms with Crippen LogP contribution in [0, 0.1) is 22.7 Å². The lowest BCUT2D eigenvalue weighted by molar-refractivity contribution is -0.0271. The first-order valence-corrected chi connectivity index (χ1v) is 6.56. The molecule has 0 fully saturated rings. The fourth-order valence-electron chi connectivity index (χ4n) is 2.77. The average Bonchev–Trinajstić information content (AvgIpc) is 2.14. The van der Waals surface area contributed by atoms with Crippen molar-refractivity contribution in [2.45, 2.75) is 54.1 Å². The van der Waals surface area contributed by atoms with Crippen LogP contribution in [0.1, 0.15) is 48.0 Å². The van der Waals surface area contributed by atoms with E-state index in [0.29, 0.717) is 0 Å². The van der Waals surface area contributed by atoms with Crippen molar-refractivity contribution in [3.8, 4) is 0 Å². The zero-order valence-corrected chi connectivity index (χ0v) is 12.1. The minimum atomic E-state index is -0.315. The van der Waals surface area contributed by atoms with Crippen molar-refractivity contribution in [3.05, 3.63) is 11.6 Å². The Morgan fingerprint density at radius 3 is 2.00 bits per heavy atom. The molecule has 0 aliphatic heterocycles. The SMILES string of the molecule is CC(C)(C)[C@@H]1CC(CO)=C[C@H](C(C)(C)C)C1O. The first kappa shape index (κ1) is 14.7. The summed E-state index contributed by atoms with van der Waals surface area (Å²) < 4.78 is 0. The summed E-state index contributed by atoms with van der Waals surface area (Å²) in [6, 6.07) is 0. The third-order valence-electron chi connectivity index (χ3n) is 3.99. The third kappa shape index (κ3) is 3.32. The molecule has 0 aromatic rings. The molecule has 2 heteroatoms. The summed E-state index contributed by atoms with van der Waals surface area (Å²) in [7, 11) is 0. The van der Waals surface area contributed by atoms with E-state index in [0.717, 1.165) is 12.0 Å². The fraction of sp³-hybridized carbons (Fsp3) is 0.867. The van der Waals surface area contributed by atoms with Crippen LogP contribution in [-0.4, -0.2) is 22.9 Å². The van der Waals surface area contributed by atoms with Crippen LogP contribution in [-0.2, 0) is 0 Å². The lowest BCUT2D eigenvalue weighted by atomic mass is 9.62. The molecule has 0 aromatic carbocycles. The molecule has 1 aliphatic carbocycles. The van der Waals surface area contributed by atoms with E-state index in [4.69, 9.17) is 0 Å². The normalized spacial score (nSPS) is 31.3. The zero-order chi connectivity index (χ0) is 13.4. The van der Waals surface area contributed by atoms with E-state index in [9.17, 15) is 10.2 Å². The highest BCUT2D eigenvalue weighted by molar-refractivity contribution is 5.16. The van der Waals surface area contributed by atoms with Crippen molar-refractivity contribution >= 4 is 0 Å². The van der Waals surface area contributed by atoms with Crippen molar-refractivity contribution in [1.82, 2.24) is 0 Å². The van der Waals surface area contributed by atoms with Crippen LogP contribution in [0.4, 0.5) is 0 Å². The number of aliphatic hydroxyl groups is 2. The van der Waals surface area contributed by atoms with Crippen LogP contribution >= 0.6 is 0 Å². The van der Waals surface area contributed by atoms with Gasteiger partial charge in [0.15, 0.2) is 0 Å². The Labute approximate surface area is 106 Å². The number of rotatable bonds is 1. The third-order valence-corrected chi connectivity index (χ3v) is 3.99. The minimum Gasteiger partial charge on any atom is -0.392 e. The molecule has 0 spiro atoms. The van der Waals surface area contributed by atoms with Crippen LogP contribution in [0.2, 0.25) is 0 Å². The number of hydrogen-bond donors (Lipinski definition) is 2. The molecular weight excluding hydrogens is 212 g/mol. The number of hydrogen-bond acceptors (Lipinski definition) is 2. The van der Waals surface area contributed by atoms with Gasteiger partial charge in [-0.3, -0.25) is 0 Å². The highest BCUT2D eigenvalue weighted by atomic mass is 16.3. The van der Waals surface area contributed by atoms with Crippen molar-refractivity contribution in [3.63, 3.8) is 0 Å². The van der Waals surface area contributed by atoms with Gasteiger partial charge in [-0.1, -0.05) is 47.6 Å². The highest BCUT2D eigenvalue weighted by Crippen LogP contribution is 2.45. The molecule has 17 heavy (non-hydrogen) atoms. The van der Waals surface area contributed by atoms with Gasteiger partial charge >= 0.3 is 0 Å². The summed E-state index contributed by atoms with van der Waals surface area (Å²) in [5, 5.41) is 20.0. The largest absolute Gasteiger partial charge is 0.392 e. The maximum atomic E-state index is 10.6. The molecule has 1 rings (SSSR count). The number of aliphatic hydroxyl groups excluding tert-OH is 2. The predicted octanol–water partition coefficient (Wildman–Crippen LogP) is 2.99. The minimum absolute atomic E-state index is 0.0315. The Balaban J connectivity index is 3.07. The van der Waals surface area contributed by atoms with Gasteiger partial charge in [0.1, 0.15) is 0 Å². The van der Waals surface area contributed by atoms with E-state index < -0.39 is 0 Å². The molecule has 2 nitrogen and oxygen atoms in total. The topological polar surface area (TPSA) is 40.5 Å². The highest BCUT2D eigenvalue weighted by Gasteiger charge is 2.42. The first-order chi connectivity index (χ1) is 7.57.